The van der Waals surface area contributed by atoms with Crippen molar-refractivity contribution < 1.29 is 14.3 Å². The van der Waals surface area contributed by atoms with Crippen LogP contribution in [0.1, 0.15) is 26.2 Å². The topological polar surface area (TPSA) is 61.5 Å². The number of hydrogen-bond acceptors (Lipinski definition) is 4. The Bertz CT molecular complexity index is 335. The first-order valence-electron chi connectivity index (χ1n) is 5.86. The highest BCUT2D eigenvalue weighted by molar-refractivity contribution is 5.68. The van der Waals surface area contributed by atoms with Gasteiger partial charge in [0.25, 0.3) is 0 Å². The first-order valence-corrected chi connectivity index (χ1v) is 5.86. The van der Waals surface area contributed by atoms with Crippen molar-refractivity contribution in [3.8, 4) is 5.75 Å². The van der Waals surface area contributed by atoms with Crippen LogP contribution in [-0.2, 0) is 9.53 Å². The van der Waals surface area contributed by atoms with Crippen LogP contribution < -0.4 is 10.5 Å². The number of nitrogens with two attached hydrogens (primary N) is 1. The molecular weight excluding hydrogens is 218 g/mol. The number of hydrogen-bond donors (Lipinski definition) is 1. The predicted molar refractivity (Wildman–Crippen MR) is 66.8 cm³/mol. The monoisotopic (exact) mass is 237 g/mol. The number of rotatable bonds is 7. The van der Waals surface area contributed by atoms with E-state index < -0.39 is 0 Å². The molecular formula is C13H19NO3. The van der Waals surface area contributed by atoms with Gasteiger partial charge in [0.15, 0.2) is 0 Å². The second-order valence-electron chi connectivity index (χ2n) is 3.70. The van der Waals surface area contributed by atoms with E-state index in [9.17, 15) is 4.79 Å². The van der Waals surface area contributed by atoms with Crippen LogP contribution in [0, 0.1) is 0 Å². The van der Waals surface area contributed by atoms with E-state index in [0.29, 0.717) is 19.6 Å². The minimum absolute atomic E-state index is 0.149. The van der Waals surface area contributed by atoms with Gasteiger partial charge in [0.1, 0.15) is 5.75 Å². The van der Waals surface area contributed by atoms with E-state index >= 15 is 0 Å². The molecule has 0 radical (unpaired) electrons. The zero-order valence-electron chi connectivity index (χ0n) is 10.1. The summed E-state index contributed by atoms with van der Waals surface area (Å²) in [6.45, 7) is 2.87. The molecule has 94 valence electrons. The van der Waals surface area contributed by atoms with Crippen molar-refractivity contribution in [1.29, 1.82) is 0 Å². The first kappa shape index (κ1) is 13.4. The molecule has 17 heavy (non-hydrogen) atoms. The third-order valence-corrected chi connectivity index (χ3v) is 2.24. The highest BCUT2D eigenvalue weighted by atomic mass is 16.5. The molecule has 0 aliphatic rings. The molecule has 1 rings (SSSR count). The van der Waals surface area contributed by atoms with E-state index in [0.717, 1.165) is 24.3 Å². The molecule has 4 nitrogen and oxygen atoms in total. The average molecular weight is 237 g/mol. The molecule has 0 bridgehead atoms. The van der Waals surface area contributed by atoms with Crippen molar-refractivity contribution in [2.24, 2.45) is 0 Å². The van der Waals surface area contributed by atoms with Gasteiger partial charge in [-0.05, 0) is 37.1 Å². The van der Waals surface area contributed by atoms with Crippen LogP contribution in [0.25, 0.3) is 0 Å². The van der Waals surface area contributed by atoms with Crippen molar-refractivity contribution >= 4 is 11.7 Å². The smallest absolute Gasteiger partial charge is 0.305 e. The van der Waals surface area contributed by atoms with E-state index in [4.69, 9.17) is 15.2 Å². The lowest BCUT2D eigenvalue weighted by atomic mass is 10.3. The minimum atomic E-state index is -0.149. The van der Waals surface area contributed by atoms with Gasteiger partial charge in [-0.1, -0.05) is 6.92 Å². The molecule has 1 aromatic rings. The molecule has 1 aromatic carbocycles. The van der Waals surface area contributed by atoms with E-state index in [1.807, 2.05) is 12.1 Å². The molecule has 0 aromatic heterocycles. The maximum atomic E-state index is 10.8. The molecule has 0 spiro atoms. The lowest BCUT2D eigenvalue weighted by molar-refractivity contribution is -0.143. The van der Waals surface area contributed by atoms with Crippen molar-refractivity contribution in [1.82, 2.24) is 0 Å². The van der Waals surface area contributed by atoms with Crippen LogP contribution in [0.4, 0.5) is 5.69 Å². The molecule has 0 heterocycles. The summed E-state index contributed by atoms with van der Waals surface area (Å²) in [4.78, 5) is 10.8. The highest BCUT2D eigenvalue weighted by Crippen LogP contribution is 2.13. The number of esters is 1. The van der Waals surface area contributed by atoms with Gasteiger partial charge in [0, 0.05) is 12.1 Å². The zero-order chi connectivity index (χ0) is 12.5. The number of nitrogen functional groups attached to an aromatic ring is 1. The van der Waals surface area contributed by atoms with Gasteiger partial charge in [-0.2, -0.15) is 0 Å². The maximum absolute atomic E-state index is 10.8. The summed E-state index contributed by atoms with van der Waals surface area (Å²) in [6, 6.07) is 7.29. The van der Waals surface area contributed by atoms with Gasteiger partial charge < -0.3 is 15.2 Å². The van der Waals surface area contributed by atoms with Gasteiger partial charge in [0.05, 0.1) is 13.2 Å². The second kappa shape index (κ2) is 7.54. The Kier molecular flexibility index (Phi) is 5.93. The van der Waals surface area contributed by atoms with Crippen LogP contribution >= 0.6 is 0 Å². The first-order chi connectivity index (χ1) is 8.22. The van der Waals surface area contributed by atoms with Crippen LogP contribution in [0.5, 0.6) is 5.75 Å². The number of benzene rings is 1. The van der Waals surface area contributed by atoms with Crippen LogP contribution in [-0.4, -0.2) is 19.2 Å². The Labute approximate surface area is 102 Å². The SMILES string of the molecule is CCC(=O)OCCCCOc1ccc(N)cc1. The molecule has 0 saturated carbocycles. The van der Waals surface area contributed by atoms with Crippen molar-refractivity contribution in [3.05, 3.63) is 24.3 Å². The Morgan fingerprint density at radius 3 is 2.47 bits per heavy atom. The molecule has 2 N–H and O–H groups in total. The Hall–Kier alpha value is -1.71. The molecule has 0 amide bonds. The summed E-state index contributed by atoms with van der Waals surface area (Å²) >= 11 is 0. The normalized spacial score (nSPS) is 9.94. The van der Waals surface area contributed by atoms with E-state index in [-0.39, 0.29) is 5.97 Å². The second-order valence-corrected chi connectivity index (χ2v) is 3.70. The lowest BCUT2D eigenvalue weighted by Gasteiger charge is -2.06. The van der Waals surface area contributed by atoms with Gasteiger partial charge in [-0.15, -0.1) is 0 Å². The fraction of sp³-hybridized carbons (Fsp3) is 0.462. The summed E-state index contributed by atoms with van der Waals surface area (Å²) < 4.78 is 10.4. The summed E-state index contributed by atoms with van der Waals surface area (Å²) in [5.41, 5.74) is 6.28. The van der Waals surface area contributed by atoms with Crippen LogP contribution in [0.15, 0.2) is 24.3 Å². The summed E-state index contributed by atoms with van der Waals surface area (Å²) in [5.74, 6) is 0.661. The number of unbranched alkanes of at least 4 members (excludes halogenated alkanes) is 1. The molecule has 0 atom stereocenters. The fourth-order valence-corrected chi connectivity index (χ4v) is 1.25. The minimum Gasteiger partial charge on any atom is -0.494 e. The van der Waals surface area contributed by atoms with Crippen molar-refractivity contribution in [3.63, 3.8) is 0 Å². The van der Waals surface area contributed by atoms with Gasteiger partial charge in [0.2, 0.25) is 0 Å². The van der Waals surface area contributed by atoms with Crippen molar-refractivity contribution in [2.45, 2.75) is 26.2 Å². The standard InChI is InChI=1S/C13H19NO3/c1-2-13(15)17-10-4-3-9-16-12-7-5-11(14)6-8-12/h5-8H,2-4,9-10,14H2,1H3. The number of carbonyl (C=O) groups is 1. The van der Waals surface area contributed by atoms with Crippen LogP contribution in [0.2, 0.25) is 0 Å². The number of carbonyl (C=O) groups excluding carboxylic acids is 1. The summed E-state index contributed by atoms with van der Waals surface area (Å²) in [5, 5.41) is 0. The van der Waals surface area contributed by atoms with Gasteiger partial charge in [-0.25, -0.2) is 0 Å². The van der Waals surface area contributed by atoms with Crippen molar-refractivity contribution in [2.75, 3.05) is 18.9 Å². The summed E-state index contributed by atoms with van der Waals surface area (Å²) in [7, 11) is 0. The zero-order valence-corrected chi connectivity index (χ0v) is 10.1. The van der Waals surface area contributed by atoms with Gasteiger partial charge in [-0.3, -0.25) is 4.79 Å². The van der Waals surface area contributed by atoms with E-state index in [1.54, 1.807) is 19.1 Å². The molecule has 4 heteroatoms. The van der Waals surface area contributed by atoms with E-state index in [1.165, 1.54) is 0 Å². The predicted octanol–water partition coefficient (Wildman–Crippen LogP) is 2.38. The van der Waals surface area contributed by atoms with Gasteiger partial charge >= 0.3 is 5.97 Å². The molecule has 0 saturated heterocycles. The third-order valence-electron chi connectivity index (χ3n) is 2.24. The Morgan fingerprint density at radius 2 is 1.82 bits per heavy atom. The molecule has 0 unspecified atom stereocenters. The highest BCUT2D eigenvalue weighted by Gasteiger charge is 1.98. The molecule has 0 aliphatic heterocycles. The molecule has 0 aliphatic carbocycles. The fourth-order valence-electron chi connectivity index (χ4n) is 1.25. The number of anilines is 1. The van der Waals surface area contributed by atoms with Crippen LogP contribution in [0.3, 0.4) is 0 Å². The number of ether oxygens (including phenoxy) is 2. The summed E-state index contributed by atoms with van der Waals surface area (Å²) in [6.07, 6.45) is 2.12. The largest absolute Gasteiger partial charge is 0.494 e. The third kappa shape index (κ3) is 5.80. The van der Waals surface area contributed by atoms with E-state index in [2.05, 4.69) is 0 Å². The quantitative estimate of drug-likeness (QED) is 0.449. The molecule has 0 fully saturated rings. The Morgan fingerprint density at radius 1 is 1.18 bits per heavy atom. The average Bonchev–Trinajstić information content (AvgIpc) is 2.35. The maximum Gasteiger partial charge on any atom is 0.305 e. The lowest BCUT2D eigenvalue weighted by Crippen LogP contribution is -2.05. The Balaban J connectivity index is 2.04.